The van der Waals surface area contributed by atoms with Crippen LogP contribution in [0.15, 0.2) is 29.4 Å². The smallest absolute Gasteiger partial charge is 0.119 e. The Hall–Kier alpha value is -0.730. The second-order valence-corrected chi connectivity index (χ2v) is 2.59. The van der Waals surface area contributed by atoms with Crippen molar-refractivity contribution in [3.8, 4) is 0 Å². The molecule has 0 spiro atoms. The van der Waals surface area contributed by atoms with Gasteiger partial charge in [-0.3, -0.25) is 0 Å². The van der Waals surface area contributed by atoms with E-state index in [-0.39, 0.29) is 0 Å². The Morgan fingerprint density at radius 3 is 3.09 bits per heavy atom. The molecule has 0 aliphatic heterocycles. The standard InChI is InChI=1S/C8H10ClNO/c1-2-3-10-5-8-4-7(9)6-11-8/h2,4,6,10H,1,3,5H2. The van der Waals surface area contributed by atoms with Crippen LogP contribution in [0.2, 0.25) is 5.02 Å². The van der Waals surface area contributed by atoms with Crippen LogP contribution >= 0.6 is 11.6 Å². The van der Waals surface area contributed by atoms with Crippen molar-refractivity contribution in [2.24, 2.45) is 0 Å². The van der Waals surface area contributed by atoms with Gasteiger partial charge in [-0.15, -0.1) is 6.58 Å². The molecule has 2 nitrogen and oxygen atoms in total. The van der Waals surface area contributed by atoms with Gasteiger partial charge in [-0.25, -0.2) is 0 Å². The number of furan rings is 1. The summed E-state index contributed by atoms with van der Waals surface area (Å²) in [6, 6.07) is 1.79. The number of nitrogens with one attached hydrogen (secondary N) is 1. The molecule has 0 amide bonds. The molecule has 0 unspecified atom stereocenters. The van der Waals surface area contributed by atoms with Crippen LogP contribution in [-0.4, -0.2) is 6.54 Å². The second kappa shape index (κ2) is 4.21. The van der Waals surface area contributed by atoms with Crippen LogP contribution in [0.25, 0.3) is 0 Å². The van der Waals surface area contributed by atoms with Crippen molar-refractivity contribution >= 4 is 11.6 Å². The first-order valence-electron chi connectivity index (χ1n) is 3.37. The molecule has 0 aliphatic carbocycles. The van der Waals surface area contributed by atoms with Crippen LogP contribution in [0.4, 0.5) is 0 Å². The predicted octanol–water partition coefficient (Wildman–Crippen LogP) is 2.21. The van der Waals surface area contributed by atoms with E-state index in [0.29, 0.717) is 11.6 Å². The van der Waals surface area contributed by atoms with Gasteiger partial charge in [-0.2, -0.15) is 0 Å². The lowest BCUT2D eigenvalue weighted by Gasteiger charge is -1.95. The molecule has 0 bridgehead atoms. The van der Waals surface area contributed by atoms with E-state index in [4.69, 9.17) is 16.0 Å². The lowest BCUT2D eigenvalue weighted by Crippen LogP contribution is -2.11. The van der Waals surface area contributed by atoms with Crippen LogP contribution in [0, 0.1) is 0 Å². The molecule has 1 heterocycles. The van der Waals surface area contributed by atoms with E-state index >= 15 is 0 Å². The van der Waals surface area contributed by atoms with E-state index < -0.39 is 0 Å². The summed E-state index contributed by atoms with van der Waals surface area (Å²) in [5, 5.41) is 3.73. The number of halogens is 1. The van der Waals surface area contributed by atoms with Gasteiger partial charge in [-0.05, 0) is 6.07 Å². The van der Waals surface area contributed by atoms with Gasteiger partial charge in [0.25, 0.3) is 0 Å². The molecule has 0 atom stereocenters. The second-order valence-electron chi connectivity index (χ2n) is 2.15. The van der Waals surface area contributed by atoms with Crippen molar-refractivity contribution in [1.29, 1.82) is 0 Å². The Morgan fingerprint density at radius 2 is 2.55 bits per heavy atom. The molecule has 0 aromatic carbocycles. The molecule has 3 heteroatoms. The Balaban J connectivity index is 2.32. The minimum atomic E-state index is 0.639. The molecule has 0 saturated carbocycles. The Bertz CT molecular complexity index is 232. The van der Waals surface area contributed by atoms with Crippen molar-refractivity contribution in [1.82, 2.24) is 5.32 Å². The summed E-state index contributed by atoms with van der Waals surface area (Å²) in [6.45, 7) is 5.05. The third-order valence-corrected chi connectivity index (χ3v) is 1.41. The van der Waals surface area contributed by atoms with Gasteiger partial charge in [0.05, 0.1) is 11.6 Å². The lowest BCUT2D eigenvalue weighted by molar-refractivity contribution is 0.490. The molecular formula is C8H10ClNO. The Labute approximate surface area is 70.8 Å². The van der Waals surface area contributed by atoms with Gasteiger partial charge in [0, 0.05) is 6.54 Å². The highest BCUT2D eigenvalue weighted by Gasteiger charge is 1.96. The zero-order chi connectivity index (χ0) is 8.10. The van der Waals surface area contributed by atoms with Gasteiger partial charge < -0.3 is 9.73 Å². The SMILES string of the molecule is C=CCNCc1cc(Cl)co1. The van der Waals surface area contributed by atoms with Crippen molar-refractivity contribution in [3.05, 3.63) is 35.8 Å². The maximum atomic E-state index is 5.63. The highest BCUT2D eigenvalue weighted by atomic mass is 35.5. The van der Waals surface area contributed by atoms with Gasteiger partial charge in [0.2, 0.25) is 0 Å². The van der Waals surface area contributed by atoms with Gasteiger partial charge in [0.15, 0.2) is 0 Å². The van der Waals surface area contributed by atoms with Crippen LogP contribution in [0.5, 0.6) is 0 Å². The summed E-state index contributed by atoms with van der Waals surface area (Å²) in [6.07, 6.45) is 3.32. The fourth-order valence-corrected chi connectivity index (χ4v) is 0.910. The predicted molar refractivity (Wildman–Crippen MR) is 45.6 cm³/mol. The zero-order valence-electron chi connectivity index (χ0n) is 6.14. The van der Waals surface area contributed by atoms with Crippen molar-refractivity contribution in [2.45, 2.75) is 6.54 Å². The molecule has 1 N–H and O–H groups in total. The van der Waals surface area contributed by atoms with E-state index in [0.717, 1.165) is 12.3 Å². The summed E-state index contributed by atoms with van der Waals surface area (Å²) < 4.78 is 5.08. The van der Waals surface area contributed by atoms with E-state index in [2.05, 4.69) is 11.9 Å². The first-order chi connectivity index (χ1) is 5.33. The molecule has 0 saturated heterocycles. The first-order valence-corrected chi connectivity index (χ1v) is 3.75. The van der Waals surface area contributed by atoms with E-state index in [1.54, 1.807) is 12.1 Å². The van der Waals surface area contributed by atoms with E-state index in [1.807, 2.05) is 0 Å². The van der Waals surface area contributed by atoms with Crippen molar-refractivity contribution in [2.75, 3.05) is 6.54 Å². The number of hydrogen-bond acceptors (Lipinski definition) is 2. The number of rotatable bonds is 4. The Kier molecular flexibility index (Phi) is 3.20. The molecule has 0 aliphatic rings. The van der Waals surface area contributed by atoms with Gasteiger partial charge in [-0.1, -0.05) is 17.7 Å². The lowest BCUT2D eigenvalue weighted by atomic mass is 10.4. The van der Waals surface area contributed by atoms with Crippen molar-refractivity contribution in [3.63, 3.8) is 0 Å². The fourth-order valence-electron chi connectivity index (χ4n) is 0.744. The normalized spacial score (nSPS) is 9.91. The van der Waals surface area contributed by atoms with Crippen LogP contribution in [0.1, 0.15) is 5.76 Å². The molecule has 1 rings (SSSR count). The van der Waals surface area contributed by atoms with E-state index in [9.17, 15) is 0 Å². The molecule has 1 aromatic rings. The van der Waals surface area contributed by atoms with Crippen molar-refractivity contribution < 1.29 is 4.42 Å². The highest BCUT2D eigenvalue weighted by molar-refractivity contribution is 6.30. The number of hydrogen-bond donors (Lipinski definition) is 1. The highest BCUT2D eigenvalue weighted by Crippen LogP contribution is 2.12. The van der Waals surface area contributed by atoms with Gasteiger partial charge in [0.1, 0.15) is 12.0 Å². The van der Waals surface area contributed by atoms with Crippen LogP contribution < -0.4 is 5.32 Å². The molecule has 60 valence electrons. The maximum Gasteiger partial charge on any atom is 0.119 e. The average Bonchev–Trinajstić information content (AvgIpc) is 2.37. The zero-order valence-corrected chi connectivity index (χ0v) is 6.90. The maximum absolute atomic E-state index is 5.63. The third kappa shape index (κ3) is 2.78. The molecular weight excluding hydrogens is 162 g/mol. The summed E-state index contributed by atoms with van der Waals surface area (Å²) in [7, 11) is 0. The average molecular weight is 172 g/mol. The molecule has 1 aromatic heterocycles. The van der Waals surface area contributed by atoms with Gasteiger partial charge >= 0.3 is 0 Å². The summed E-state index contributed by atoms with van der Waals surface area (Å²) in [4.78, 5) is 0. The minimum Gasteiger partial charge on any atom is -0.466 e. The van der Waals surface area contributed by atoms with E-state index in [1.165, 1.54) is 6.26 Å². The third-order valence-electron chi connectivity index (χ3n) is 1.21. The fraction of sp³-hybridized carbons (Fsp3) is 0.250. The first kappa shape index (κ1) is 8.37. The molecule has 11 heavy (non-hydrogen) atoms. The molecule has 0 radical (unpaired) electrons. The monoisotopic (exact) mass is 171 g/mol. The van der Waals surface area contributed by atoms with Crippen LogP contribution in [-0.2, 0) is 6.54 Å². The Morgan fingerprint density at radius 1 is 1.73 bits per heavy atom. The quantitative estimate of drug-likeness (QED) is 0.555. The summed E-state index contributed by atoms with van der Waals surface area (Å²) in [5.74, 6) is 0.844. The molecule has 0 fully saturated rings. The summed E-state index contributed by atoms with van der Waals surface area (Å²) in [5.41, 5.74) is 0. The minimum absolute atomic E-state index is 0.639. The largest absolute Gasteiger partial charge is 0.466 e. The van der Waals surface area contributed by atoms with Crippen LogP contribution in [0.3, 0.4) is 0 Å². The topological polar surface area (TPSA) is 25.2 Å². The summed E-state index contributed by atoms with van der Waals surface area (Å²) >= 11 is 5.63.